The highest BCUT2D eigenvalue weighted by Crippen LogP contribution is 2.19. The van der Waals surface area contributed by atoms with Gasteiger partial charge in [0.05, 0.1) is 11.9 Å². The van der Waals surface area contributed by atoms with E-state index in [9.17, 15) is 4.79 Å². The number of H-pyrrole nitrogens is 1. The highest BCUT2D eigenvalue weighted by Gasteiger charge is 2.14. The molecule has 0 spiro atoms. The predicted molar refractivity (Wildman–Crippen MR) is 102 cm³/mol. The molecule has 0 atom stereocenters. The summed E-state index contributed by atoms with van der Waals surface area (Å²) in [6, 6.07) is 21.2. The first-order valence-electron chi connectivity index (χ1n) is 8.56. The Bertz CT molecular complexity index is 1080. The Balaban J connectivity index is 1.73. The zero-order chi connectivity index (χ0) is 17.9. The van der Waals surface area contributed by atoms with E-state index in [1.807, 2.05) is 73.7 Å². The molecule has 4 aromatic rings. The number of nitrogens with zero attached hydrogens (tertiary/aromatic N) is 2. The fourth-order valence-corrected chi connectivity index (χ4v) is 3.02. The average Bonchev–Trinajstić information content (AvgIpc) is 3.06. The van der Waals surface area contributed by atoms with Crippen molar-refractivity contribution in [1.82, 2.24) is 14.5 Å². The molecule has 1 N–H and O–H groups in total. The lowest BCUT2D eigenvalue weighted by molar-refractivity contribution is 0.297. The van der Waals surface area contributed by atoms with Crippen molar-refractivity contribution in [3.05, 3.63) is 82.8 Å². The fourth-order valence-electron chi connectivity index (χ4n) is 3.02. The number of ether oxygens (including phenoxy) is 1. The number of rotatable bonds is 5. The van der Waals surface area contributed by atoms with E-state index < -0.39 is 0 Å². The Labute approximate surface area is 150 Å². The number of para-hydroxylation sites is 1. The third kappa shape index (κ3) is 3.11. The highest BCUT2D eigenvalue weighted by molar-refractivity contribution is 5.77. The predicted octanol–water partition coefficient (Wildman–Crippen LogP) is 3.78. The van der Waals surface area contributed by atoms with Gasteiger partial charge in [-0.15, -0.1) is 0 Å². The normalized spacial score (nSPS) is 11.0. The minimum Gasteiger partial charge on any atom is -0.492 e. The molecule has 0 radical (unpaired) electrons. The molecule has 130 valence electrons. The molecule has 0 amide bonds. The molecule has 0 aliphatic heterocycles. The standard InChI is InChI=1S/C21H19N3O2/c1-15-14-18-19(22-15)23-20(16-8-4-2-5-9-16)24(21(18)25)12-13-26-17-10-6-3-7-11-17/h2-11,14,22H,12-13H2,1H3. The first kappa shape index (κ1) is 16.1. The number of aromatic amines is 1. The molecule has 2 aromatic carbocycles. The molecule has 0 saturated heterocycles. The van der Waals surface area contributed by atoms with Gasteiger partial charge in [0.15, 0.2) is 0 Å². The molecular formula is C21H19N3O2. The summed E-state index contributed by atoms with van der Waals surface area (Å²) in [6.45, 7) is 2.73. The molecule has 0 fully saturated rings. The second-order valence-corrected chi connectivity index (χ2v) is 6.13. The van der Waals surface area contributed by atoms with Crippen LogP contribution in [0.25, 0.3) is 22.4 Å². The van der Waals surface area contributed by atoms with Crippen LogP contribution in [0, 0.1) is 6.92 Å². The number of hydrogen-bond acceptors (Lipinski definition) is 3. The van der Waals surface area contributed by atoms with Gasteiger partial charge >= 0.3 is 0 Å². The number of aryl methyl sites for hydroxylation is 1. The number of benzene rings is 2. The molecule has 4 rings (SSSR count). The van der Waals surface area contributed by atoms with E-state index in [4.69, 9.17) is 9.72 Å². The first-order valence-corrected chi connectivity index (χ1v) is 8.56. The van der Waals surface area contributed by atoms with Gasteiger partial charge in [0.2, 0.25) is 0 Å². The lowest BCUT2D eigenvalue weighted by Crippen LogP contribution is -2.26. The third-order valence-electron chi connectivity index (χ3n) is 4.24. The van der Waals surface area contributed by atoms with E-state index in [0.29, 0.717) is 30.0 Å². The van der Waals surface area contributed by atoms with Crippen LogP contribution in [-0.2, 0) is 6.54 Å². The van der Waals surface area contributed by atoms with Crippen LogP contribution >= 0.6 is 0 Å². The van der Waals surface area contributed by atoms with Crippen LogP contribution in [0.5, 0.6) is 5.75 Å². The second kappa shape index (κ2) is 6.88. The number of aromatic nitrogens is 3. The van der Waals surface area contributed by atoms with Crippen LogP contribution in [0.1, 0.15) is 5.69 Å². The molecule has 2 heterocycles. The van der Waals surface area contributed by atoms with Gasteiger partial charge in [-0.25, -0.2) is 4.98 Å². The van der Waals surface area contributed by atoms with Crippen molar-refractivity contribution in [2.75, 3.05) is 6.61 Å². The SMILES string of the molecule is Cc1cc2c(=O)n(CCOc3ccccc3)c(-c3ccccc3)nc2[nH]1. The second-order valence-electron chi connectivity index (χ2n) is 6.13. The largest absolute Gasteiger partial charge is 0.492 e. The summed E-state index contributed by atoms with van der Waals surface area (Å²) in [5.41, 5.74) is 2.38. The Hall–Kier alpha value is -3.34. The third-order valence-corrected chi connectivity index (χ3v) is 4.24. The minimum atomic E-state index is -0.0603. The van der Waals surface area contributed by atoms with E-state index in [1.165, 1.54) is 0 Å². The summed E-state index contributed by atoms with van der Waals surface area (Å²) in [5.74, 6) is 1.43. The van der Waals surface area contributed by atoms with Crippen molar-refractivity contribution in [2.24, 2.45) is 0 Å². The topological polar surface area (TPSA) is 59.9 Å². The average molecular weight is 345 g/mol. The smallest absolute Gasteiger partial charge is 0.263 e. The zero-order valence-corrected chi connectivity index (χ0v) is 14.5. The molecule has 0 bridgehead atoms. The van der Waals surface area contributed by atoms with E-state index >= 15 is 0 Å². The Morgan fingerprint density at radius 1 is 1.04 bits per heavy atom. The maximum absolute atomic E-state index is 13.0. The molecule has 0 unspecified atom stereocenters. The van der Waals surface area contributed by atoms with Gasteiger partial charge in [-0.05, 0) is 25.1 Å². The number of nitrogens with one attached hydrogen (secondary N) is 1. The van der Waals surface area contributed by atoms with Crippen molar-refractivity contribution in [1.29, 1.82) is 0 Å². The molecule has 0 aliphatic rings. The fraction of sp³-hybridized carbons (Fsp3) is 0.143. The maximum atomic E-state index is 13.0. The van der Waals surface area contributed by atoms with Crippen LogP contribution < -0.4 is 10.3 Å². The zero-order valence-electron chi connectivity index (χ0n) is 14.5. The van der Waals surface area contributed by atoms with E-state index in [0.717, 1.165) is 17.0 Å². The summed E-state index contributed by atoms with van der Waals surface area (Å²) in [5, 5.41) is 0.599. The molecule has 0 saturated carbocycles. The van der Waals surface area contributed by atoms with Crippen molar-refractivity contribution in [2.45, 2.75) is 13.5 Å². The molecule has 2 aromatic heterocycles. The van der Waals surface area contributed by atoms with Gasteiger partial charge in [-0.2, -0.15) is 0 Å². The van der Waals surface area contributed by atoms with Crippen LogP contribution in [0.2, 0.25) is 0 Å². The summed E-state index contributed by atoms with van der Waals surface area (Å²) in [6.07, 6.45) is 0. The van der Waals surface area contributed by atoms with Gasteiger partial charge in [-0.1, -0.05) is 48.5 Å². The quantitative estimate of drug-likeness (QED) is 0.599. The Morgan fingerprint density at radius 3 is 2.46 bits per heavy atom. The lowest BCUT2D eigenvalue weighted by Gasteiger charge is -2.13. The van der Waals surface area contributed by atoms with E-state index in [-0.39, 0.29) is 5.56 Å². The van der Waals surface area contributed by atoms with Gasteiger partial charge in [-0.3, -0.25) is 9.36 Å². The summed E-state index contributed by atoms with van der Waals surface area (Å²) < 4.78 is 7.47. The van der Waals surface area contributed by atoms with Crippen molar-refractivity contribution in [3.8, 4) is 17.1 Å². The van der Waals surface area contributed by atoms with Crippen LogP contribution in [-0.4, -0.2) is 21.1 Å². The molecule has 0 aliphatic carbocycles. The Kier molecular flexibility index (Phi) is 4.27. The first-order chi connectivity index (χ1) is 12.7. The monoisotopic (exact) mass is 345 g/mol. The van der Waals surface area contributed by atoms with Crippen LogP contribution in [0.15, 0.2) is 71.5 Å². The lowest BCUT2D eigenvalue weighted by atomic mass is 10.2. The minimum absolute atomic E-state index is 0.0603. The van der Waals surface area contributed by atoms with Gasteiger partial charge in [0.25, 0.3) is 5.56 Å². The highest BCUT2D eigenvalue weighted by atomic mass is 16.5. The molecule has 26 heavy (non-hydrogen) atoms. The van der Waals surface area contributed by atoms with E-state index in [1.54, 1.807) is 4.57 Å². The number of hydrogen-bond donors (Lipinski definition) is 1. The summed E-state index contributed by atoms with van der Waals surface area (Å²) in [4.78, 5) is 20.9. The van der Waals surface area contributed by atoms with Gasteiger partial charge in [0, 0.05) is 11.3 Å². The van der Waals surface area contributed by atoms with Gasteiger partial charge < -0.3 is 9.72 Å². The molecule has 5 heteroatoms. The summed E-state index contributed by atoms with van der Waals surface area (Å²) >= 11 is 0. The molecular weight excluding hydrogens is 326 g/mol. The van der Waals surface area contributed by atoms with Crippen molar-refractivity contribution >= 4 is 11.0 Å². The van der Waals surface area contributed by atoms with Crippen LogP contribution in [0.4, 0.5) is 0 Å². The van der Waals surface area contributed by atoms with Gasteiger partial charge in [0.1, 0.15) is 23.8 Å². The molecule has 5 nitrogen and oxygen atoms in total. The van der Waals surface area contributed by atoms with Crippen molar-refractivity contribution in [3.63, 3.8) is 0 Å². The van der Waals surface area contributed by atoms with Crippen molar-refractivity contribution < 1.29 is 4.74 Å². The number of fused-ring (bicyclic) bond motifs is 1. The summed E-state index contributed by atoms with van der Waals surface area (Å²) in [7, 11) is 0. The van der Waals surface area contributed by atoms with E-state index in [2.05, 4.69) is 4.98 Å². The van der Waals surface area contributed by atoms with Crippen LogP contribution in [0.3, 0.4) is 0 Å². The Morgan fingerprint density at radius 2 is 1.73 bits per heavy atom. The maximum Gasteiger partial charge on any atom is 0.263 e.